The van der Waals surface area contributed by atoms with Gasteiger partial charge in [0.2, 0.25) is 0 Å². The maximum Gasteiger partial charge on any atom is 0.342 e. The van der Waals surface area contributed by atoms with E-state index < -0.39 is 0 Å². The molecule has 0 spiro atoms. The van der Waals surface area contributed by atoms with Gasteiger partial charge in [-0.2, -0.15) is 5.10 Å². The van der Waals surface area contributed by atoms with Crippen LogP contribution in [0.1, 0.15) is 28.5 Å². The topological polar surface area (TPSA) is 44.1 Å². The molecule has 0 unspecified atom stereocenters. The lowest BCUT2D eigenvalue weighted by Crippen LogP contribution is -2.10. The number of esters is 1. The van der Waals surface area contributed by atoms with Gasteiger partial charge in [0, 0.05) is 13.5 Å². The molecule has 0 atom stereocenters. The SMILES string of the molecule is CCOC(=O)c1c(I)nn(C)c1Cc1ccccc1. The van der Waals surface area contributed by atoms with E-state index in [4.69, 9.17) is 4.74 Å². The molecule has 0 bridgehead atoms. The van der Waals surface area contributed by atoms with Gasteiger partial charge in [0.1, 0.15) is 9.26 Å². The summed E-state index contributed by atoms with van der Waals surface area (Å²) in [6.45, 7) is 2.17. The van der Waals surface area contributed by atoms with E-state index in [0.29, 0.717) is 22.3 Å². The van der Waals surface area contributed by atoms with Crippen molar-refractivity contribution in [3.05, 3.63) is 50.9 Å². The number of halogens is 1. The predicted octanol–water partition coefficient (Wildman–Crippen LogP) is 2.79. The summed E-state index contributed by atoms with van der Waals surface area (Å²) in [5, 5.41) is 4.31. The van der Waals surface area contributed by atoms with Crippen molar-refractivity contribution in [3.63, 3.8) is 0 Å². The number of aryl methyl sites for hydroxylation is 1. The summed E-state index contributed by atoms with van der Waals surface area (Å²) < 4.78 is 7.54. The molecule has 0 N–H and O–H groups in total. The fourth-order valence-corrected chi connectivity index (χ4v) is 2.78. The average Bonchev–Trinajstić information content (AvgIpc) is 2.66. The minimum absolute atomic E-state index is 0.300. The van der Waals surface area contributed by atoms with Crippen molar-refractivity contribution in [1.82, 2.24) is 9.78 Å². The number of ether oxygens (including phenoxy) is 1. The van der Waals surface area contributed by atoms with Gasteiger partial charge < -0.3 is 4.74 Å². The van der Waals surface area contributed by atoms with Crippen molar-refractivity contribution in [1.29, 1.82) is 0 Å². The fraction of sp³-hybridized carbons (Fsp3) is 0.286. The zero-order valence-corrected chi connectivity index (χ0v) is 13.0. The Labute approximate surface area is 125 Å². The van der Waals surface area contributed by atoms with Gasteiger partial charge in [0.15, 0.2) is 0 Å². The van der Waals surface area contributed by atoms with E-state index in [1.54, 1.807) is 11.6 Å². The Kier molecular flexibility index (Phi) is 4.57. The molecule has 1 heterocycles. The number of benzene rings is 1. The van der Waals surface area contributed by atoms with E-state index in [2.05, 4.69) is 27.7 Å². The molecule has 1 aromatic heterocycles. The smallest absolute Gasteiger partial charge is 0.342 e. The summed E-state index contributed by atoms with van der Waals surface area (Å²) in [6, 6.07) is 10.0. The molecule has 2 aromatic rings. The van der Waals surface area contributed by atoms with Crippen LogP contribution in [0.5, 0.6) is 0 Å². The Morgan fingerprint density at radius 1 is 1.37 bits per heavy atom. The van der Waals surface area contributed by atoms with Gasteiger partial charge >= 0.3 is 5.97 Å². The molecule has 0 aliphatic rings. The van der Waals surface area contributed by atoms with E-state index in [-0.39, 0.29) is 5.97 Å². The number of hydrogen-bond donors (Lipinski definition) is 0. The van der Waals surface area contributed by atoms with E-state index >= 15 is 0 Å². The quantitative estimate of drug-likeness (QED) is 0.614. The number of rotatable bonds is 4. The molecule has 1 aromatic carbocycles. The van der Waals surface area contributed by atoms with Crippen LogP contribution in [0.3, 0.4) is 0 Å². The van der Waals surface area contributed by atoms with Crippen molar-refractivity contribution in [2.24, 2.45) is 7.05 Å². The minimum Gasteiger partial charge on any atom is -0.462 e. The predicted molar refractivity (Wildman–Crippen MR) is 81.1 cm³/mol. The van der Waals surface area contributed by atoms with Gasteiger partial charge in [-0.25, -0.2) is 4.79 Å². The lowest BCUT2D eigenvalue weighted by molar-refractivity contribution is 0.0524. The largest absolute Gasteiger partial charge is 0.462 e. The van der Waals surface area contributed by atoms with Crippen LogP contribution in [0.4, 0.5) is 0 Å². The van der Waals surface area contributed by atoms with Gasteiger partial charge in [-0.3, -0.25) is 4.68 Å². The van der Waals surface area contributed by atoms with Crippen molar-refractivity contribution < 1.29 is 9.53 Å². The highest BCUT2D eigenvalue weighted by Gasteiger charge is 2.22. The molecule has 0 radical (unpaired) electrons. The first-order chi connectivity index (χ1) is 9.13. The van der Waals surface area contributed by atoms with Crippen LogP contribution >= 0.6 is 22.6 Å². The summed E-state index contributed by atoms with van der Waals surface area (Å²) in [7, 11) is 1.85. The molecule has 2 rings (SSSR count). The number of hydrogen-bond acceptors (Lipinski definition) is 3. The van der Waals surface area contributed by atoms with Crippen molar-refractivity contribution in [2.45, 2.75) is 13.3 Å². The molecular formula is C14H15IN2O2. The monoisotopic (exact) mass is 370 g/mol. The van der Waals surface area contributed by atoms with Gasteiger partial charge in [-0.15, -0.1) is 0 Å². The molecule has 4 nitrogen and oxygen atoms in total. The first kappa shape index (κ1) is 14.0. The van der Waals surface area contributed by atoms with Crippen LogP contribution < -0.4 is 0 Å². The number of carbonyl (C=O) groups excluding carboxylic acids is 1. The lowest BCUT2D eigenvalue weighted by Gasteiger charge is -2.06. The van der Waals surface area contributed by atoms with Crippen LogP contribution in [0.15, 0.2) is 30.3 Å². The second-order valence-electron chi connectivity index (χ2n) is 4.12. The highest BCUT2D eigenvalue weighted by Crippen LogP contribution is 2.20. The van der Waals surface area contributed by atoms with E-state index in [0.717, 1.165) is 11.3 Å². The molecular weight excluding hydrogens is 355 g/mol. The molecule has 5 heteroatoms. The Balaban J connectivity index is 2.37. The second-order valence-corrected chi connectivity index (χ2v) is 5.14. The minimum atomic E-state index is -0.300. The third-order valence-electron chi connectivity index (χ3n) is 2.82. The first-order valence-corrected chi connectivity index (χ1v) is 7.13. The molecule has 19 heavy (non-hydrogen) atoms. The van der Waals surface area contributed by atoms with Crippen molar-refractivity contribution >= 4 is 28.6 Å². The molecule has 0 saturated carbocycles. The van der Waals surface area contributed by atoms with Gasteiger partial charge in [0.25, 0.3) is 0 Å². The Hall–Kier alpha value is -1.37. The van der Waals surface area contributed by atoms with Crippen LogP contribution in [0, 0.1) is 3.70 Å². The van der Waals surface area contributed by atoms with Gasteiger partial charge in [-0.1, -0.05) is 30.3 Å². The van der Waals surface area contributed by atoms with Gasteiger partial charge in [0.05, 0.1) is 12.3 Å². The highest BCUT2D eigenvalue weighted by molar-refractivity contribution is 14.1. The standard InChI is InChI=1S/C14H15IN2O2/c1-3-19-14(18)12-11(17(2)16-13(12)15)9-10-7-5-4-6-8-10/h4-8H,3,9H2,1-2H3. The molecule has 100 valence electrons. The first-order valence-electron chi connectivity index (χ1n) is 6.06. The molecule has 0 aliphatic carbocycles. The van der Waals surface area contributed by atoms with Crippen LogP contribution in [0.2, 0.25) is 0 Å². The summed E-state index contributed by atoms with van der Waals surface area (Å²) in [4.78, 5) is 12.0. The van der Waals surface area contributed by atoms with Crippen LogP contribution in [0.25, 0.3) is 0 Å². The number of aromatic nitrogens is 2. The lowest BCUT2D eigenvalue weighted by atomic mass is 10.1. The van der Waals surface area contributed by atoms with Crippen LogP contribution in [-0.2, 0) is 18.2 Å². The van der Waals surface area contributed by atoms with E-state index in [9.17, 15) is 4.79 Å². The maximum absolute atomic E-state index is 12.0. The van der Waals surface area contributed by atoms with Crippen molar-refractivity contribution in [2.75, 3.05) is 6.61 Å². The van der Waals surface area contributed by atoms with Gasteiger partial charge in [-0.05, 0) is 35.1 Å². The van der Waals surface area contributed by atoms with E-state index in [1.165, 1.54) is 0 Å². The zero-order chi connectivity index (χ0) is 13.8. The van der Waals surface area contributed by atoms with E-state index in [1.807, 2.05) is 37.4 Å². The Morgan fingerprint density at radius 2 is 2.05 bits per heavy atom. The Morgan fingerprint density at radius 3 is 2.68 bits per heavy atom. The molecule has 0 saturated heterocycles. The second kappa shape index (κ2) is 6.18. The third kappa shape index (κ3) is 3.15. The zero-order valence-electron chi connectivity index (χ0n) is 10.9. The van der Waals surface area contributed by atoms with Crippen LogP contribution in [-0.4, -0.2) is 22.4 Å². The third-order valence-corrected chi connectivity index (χ3v) is 3.57. The Bertz CT molecular complexity index is 579. The summed E-state index contributed by atoms with van der Waals surface area (Å²) in [6.07, 6.45) is 0.668. The summed E-state index contributed by atoms with van der Waals surface area (Å²) in [5.74, 6) is -0.300. The number of carbonyl (C=O) groups is 1. The maximum atomic E-state index is 12.0. The normalized spacial score (nSPS) is 10.5. The number of nitrogens with zero attached hydrogens (tertiary/aromatic N) is 2. The molecule has 0 aliphatic heterocycles. The average molecular weight is 370 g/mol. The highest BCUT2D eigenvalue weighted by atomic mass is 127. The molecule has 0 amide bonds. The fourth-order valence-electron chi connectivity index (χ4n) is 1.92. The summed E-state index contributed by atoms with van der Waals surface area (Å²) >= 11 is 2.07. The summed E-state index contributed by atoms with van der Waals surface area (Å²) in [5.41, 5.74) is 2.61. The molecule has 0 fully saturated rings. The van der Waals surface area contributed by atoms with Crippen molar-refractivity contribution in [3.8, 4) is 0 Å².